The van der Waals surface area contributed by atoms with Crippen molar-refractivity contribution >= 4 is 17.3 Å². The maximum atomic E-state index is 11.3. The molecule has 0 aliphatic carbocycles. The first kappa shape index (κ1) is 18.5. The molecule has 138 valence electrons. The largest absolute Gasteiger partial charge is 0.469 e. The first-order valence-electron chi connectivity index (χ1n) is 9.37. The quantitative estimate of drug-likeness (QED) is 0.797. The molecule has 0 amide bonds. The topological polar surface area (TPSA) is 41.6 Å². The van der Waals surface area contributed by atoms with Crippen LogP contribution in [-0.2, 0) is 16.0 Å². The van der Waals surface area contributed by atoms with E-state index in [9.17, 15) is 4.79 Å². The fourth-order valence-corrected chi connectivity index (χ4v) is 3.51. The zero-order chi connectivity index (χ0) is 18.4. The van der Waals surface area contributed by atoms with Gasteiger partial charge in [-0.3, -0.25) is 4.79 Å². The molecule has 0 spiro atoms. The molecule has 1 fully saturated rings. The minimum absolute atomic E-state index is 0.167. The van der Waals surface area contributed by atoms with E-state index in [4.69, 9.17) is 4.74 Å². The van der Waals surface area contributed by atoms with Crippen molar-refractivity contribution in [2.75, 3.05) is 32.1 Å². The Morgan fingerprint density at radius 3 is 2.19 bits per heavy atom. The van der Waals surface area contributed by atoms with Crippen molar-refractivity contribution in [1.82, 2.24) is 5.32 Å². The van der Waals surface area contributed by atoms with Crippen molar-refractivity contribution in [1.29, 1.82) is 0 Å². The van der Waals surface area contributed by atoms with Gasteiger partial charge in [-0.2, -0.15) is 0 Å². The van der Waals surface area contributed by atoms with Gasteiger partial charge in [-0.1, -0.05) is 24.3 Å². The molecule has 0 unspecified atom stereocenters. The van der Waals surface area contributed by atoms with E-state index in [-0.39, 0.29) is 5.97 Å². The van der Waals surface area contributed by atoms with Crippen LogP contribution in [0.5, 0.6) is 0 Å². The van der Waals surface area contributed by atoms with Crippen molar-refractivity contribution in [2.45, 2.75) is 31.6 Å². The molecule has 1 saturated heterocycles. The molecule has 4 nitrogen and oxygen atoms in total. The zero-order valence-electron chi connectivity index (χ0n) is 15.7. The number of nitrogens with one attached hydrogen (secondary N) is 1. The summed E-state index contributed by atoms with van der Waals surface area (Å²) in [6, 6.07) is 17.3. The van der Waals surface area contributed by atoms with Crippen molar-refractivity contribution in [3.05, 3.63) is 59.7 Å². The number of piperidine rings is 1. The molecule has 3 rings (SSSR count). The van der Waals surface area contributed by atoms with Crippen LogP contribution in [0.15, 0.2) is 48.5 Å². The van der Waals surface area contributed by atoms with Crippen LogP contribution >= 0.6 is 0 Å². The molecule has 0 aromatic heterocycles. The van der Waals surface area contributed by atoms with Crippen LogP contribution in [-0.4, -0.2) is 33.2 Å². The lowest BCUT2D eigenvalue weighted by atomic mass is 9.90. The molecule has 2 aromatic carbocycles. The number of carbonyl (C=O) groups excluding carboxylic acids is 1. The van der Waals surface area contributed by atoms with E-state index in [1.54, 1.807) is 0 Å². The second kappa shape index (κ2) is 8.86. The van der Waals surface area contributed by atoms with Crippen molar-refractivity contribution in [3.63, 3.8) is 0 Å². The summed E-state index contributed by atoms with van der Waals surface area (Å²) in [5.74, 6) is 0.518. The SMILES string of the molecule is COC(=O)CCc1ccc(N(C)c2ccc(C3CCNCC3)cc2)cc1. The number of methoxy groups -OCH3 is 1. The maximum absolute atomic E-state index is 11.3. The van der Waals surface area contributed by atoms with Crippen molar-refractivity contribution < 1.29 is 9.53 Å². The number of hydrogen-bond donors (Lipinski definition) is 1. The summed E-state index contributed by atoms with van der Waals surface area (Å²) in [5, 5.41) is 3.42. The average Bonchev–Trinajstić information content (AvgIpc) is 2.72. The number of nitrogens with zero attached hydrogens (tertiary/aromatic N) is 1. The Labute approximate surface area is 156 Å². The Balaban J connectivity index is 1.62. The Kier molecular flexibility index (Phi) is 6.29. The molecule has 0 saturated carbocycles. The third-order valence-electron chi connectivity index (χ3n) is 5.26. The van der Waals surface area contributed by atoms with Gasteiger partial charge in [0, 0.05) is 24.8 Å². The maximum Gasteiger partial charge on any atom is 0.305 e. The summed E-state index contributed by atoms with van der Waals surface area (Å²) < 4.78 is 4.69. The van der Waals surface area contributed by atoms with Crippen LogP contribution in [0.4, 0.5) is 11.4 Å². The second-order valence-electron chi connectivity index (χ2n) is 6.92. The summed E-state index contributed by atoms with van der Waals surface area (Å²) in [6.07, 6.45) is 3.58. The van der Waals surface area contributed by atoms with Gasteiger partial charge in [-0.05, 0) is 73.7 Å². The Hall–Kier alpha value is -2.33. The van der Waals surface area contributed by atoms with E-state index in [1.165, 1.54) is 31.2 Å². The summed E-state index contributed by atoms with van der Waals surface area (Å²) in [7, 11) is 3.51. The van der Waals surface area contributed by atoms with Gasteiger partial charge in [-0.15, -0.1) is 0 Å². The average molecular weight is 352 g/mol. The molecule has 0 radical (unpaired) electrons. The highest BCUT2D eigenvalue weighted by Crippen LogP contribution is 2.29. The molecular formula is C22H28N2O2. The minimum atomic E-state index is -0.167. The van der Waals surface area contributed by atoms with E-state index < -0.39 is 0 Å². The summed E-state index contributed by atoms with van der Waals surface area (Å²) >= 11 is 0. The highest BCUT2D eigenvalue weighted by Gasteiger charge is 2.15. The molecule has 4 heteroatoms. The molecule has 0 bridgehead atoms. The lowest BCUT2D eigenvalue weighted by molar-refractivity contribution is -0.140. The molecular weight excluding hydrogens is 324 g/mol. The van der Waals surface area contributed by atoms with Gasteiger partial charge in [0.15, 0.2) is 0 Å². The van der Waals surface area contributed by atoms with Crippen LogP contribution in [0.1, 0.15) is 36.3 Å². The number of hydrogen-bond acceptors (Lipinski definition) is 4. The van der Waals surface area contributed by atoms with E-state index >= 15 is 0 Å². The monoisotopic (exact) mass is 352 g/mol. The molecule has 1 heterocycles. The molecule has 1 N–H and O–H groups in total. The summed E-state index contributed by atoms with van der Waals surface area (Å²) in [6.45, 7) is 2.24. The molecule has 26 heavy (non-hydrogen) atoms. The standard InChI is InChI=1S/C22H28N2O2/c1-24(20-8-3-17(4-9-20)5-12-22(25)26-2)21-10-6-18(7-11-21)19-13-15-23-16-14-19/h3-4,6-11,19,23H,5,12-16H2,1-2H3. The van der Waals surface area contributed by atoms with Crippen LogP contribution in [0.3, 0.4) is 0 Å². The molecule has 2 aromatic rings. The number of ether oxygens (including phenoxy) is 1. The Morgan fingerprint density at radius 2 is 1.62 bits per heavy atom. The highest BCUT2D eigenvalue weighted by molar-refractivity contribution is 5.69. The van der Waals surface area contributed by atoms with Gasteiger partial charge < -0.3 is 15.0 Å². The lowest BCUT2D eigenvalue weighted by Crippen LogP contribution is -2.26. The second-order valence-corrected chi connectivity index (χ2v) is 6.92. The normalized spacial score (nSPS) is 14.8. The Bertz CT molecular complexity index is 704. The van der Waals surface area contributed by atoms with Crippen molar-refractivity contribution in [2.24, 2.45) is 0 Å². The number of carbonyl (C=O) groups is 1. The number of anilines is 2. The summed E-state index contributed by atoms with van der Waals surface area (Å²) in [4.78, 5) is 13.4. The molecule has 0 atom stereocenters. The van der Waals surface area contributed by atoms with E-state index in [2.05, 4.69) is 65.8 Å². The number of aryl methyl sites for hydroxylation is 1. The first-order chi connectivity index (χ1) is 12.7. The fourth-order valence-electron chi connectivity index (χ4n) is 3.51. The van der Waals surface area contributed by atoms with Gasteiger partial charge in [0.25, 0.3) is 0 Å². The van der Waals surface area contributed by atoms with E-state index in [1.807, 2.05) is 0 Å². The van der Waals surface area contributed by atoms with Gasteiger partial charge in [-0.25, -0.2) is 0 Å². The van der Waals surface area contributed by atoms with Gasteiger partial charge >= 0.3 is 5.97 Å². The molecule has 1 aliphatic rings. The predicted octanol–water partition coefficient (Wildman–Crippen LogP) is 4.03. The van der Waals surface area contributed by atoms with Crippen molar-refractivity contribution in [3.8, 4) is 0 Å². The highest BCUT2D eigenvalue weighted by atomic mass is 16.5. The van der Waals surface area contributed by atoms with E-state index in [0.717, 1.165) is 24.3 Å². The van der Waals surface area contributed by atoms with Gasteiger partial charge in [0.05, 0.1) is 7.11 Å². The third kappa shape index (κ3) is 4.64. The summed E-state index contributed by atoms with van der Waals surface area (Å²) in [5.41, 5.74) is 4.92. The number of esters is 1. The van der Waals surface area contributed by atoms with E-state index in [0.29, 0.717) is 18.8 Å². The minimum Gasteiger partial charge on any atom is -0.469 e. The van der Waals surface area contributed by atoms with Gasteiger partial charge in [0.1, 0.15) is 0 Å². The van der Waals surface area contributed by atoms with Crippen LogP contribution in [0, 0.1) is 0 Å². The fraction of sp³-hybridized carbons (Fsp3) is 0.409. The van der Waals surface area contributed by atoms with Crippen LogP contribution in [0.25, 0.3) is 0 Å². The van der Waals surface area contributed by atoms with Gasteiger partial charge in [0.2, 0.25) is 0 Å². The molecule has 1 aliphatic heterocycles. The Morgan fingerprint density at radius 1 is 1.04 bits per heavy atom. The number of rotatable bonds is 6. The smallest absolute Gasteiger partial charge is 0.305 e. The number of benzene rings is 2. The third-order valence-corrected chi connectivity index (χ3v) is 5.26. The predicted molar refractivity (Wildman–Crippen MR) is 106 cm³/mol. The van der Waals surface area contributed by atoms with Crippen LogP contribution < -0.4 is 10.2 Å². The first-order valence-corrected chi connectivity index (χ1v) is 9.37. The lowest BCUT2D eigenvalue weighted by Gasteiger charge is -2.24. The zero-order valence-corrected chi connectivity index (χ0v) is 15.7. The van der Waals surface area contributed by atoms with Crippen LogP contribution in [0.2, 0.25) is 0 Å².